The van der Waals surface area contributed by atoms with Gasteiger partial charge in [-0.3, -0.25) is 0 Å². The highest BCUT2D eigenvalue weighted by Gasteiger charge is 2.18. The SMILES string of the molecule is CCC1CCN(c2ccccc2C)CC(C)CN1. The van der Waals surface area contributed by atoms with E-state index in [0.717, 1.165) is 13.1 Å². The Morgan fingerprint density at radius 2 is 2.11 bits per heavy atom. The summed E-state index contributed by atoms with van der Waals surface area (Å²) < 4.78 is 0. The molecule has 2 heteroatoms. The second-order valence-electron chi connectivity index (χ2n) is 5.64. The summed E-state index contributed by atoms with van der Waals surface area (Å²) in [5.74, 6) is 0.707. The molecule has 2 unspecified atom stereocenters. The number of para-hydroxylation sites is 1. The van der Waals surface area contributed by atoms with Gasteiger partial charge in [-0.1, -0.05) is 32.0 Å². The van der Waals surface area contributed by atoms with Gasteiger partial charge in [0.05, 0.1) is 0 Å². The summed E-state index contributed by atoms with van der Waals surface area (Å²) >= 11 is 0. The fraction of sp³-hybridized carbons (Fsp3) is 0.625. The number of rotatable bonds is 2. The summed E-state index contributed by atoms with van der Waals surface area (Å²) in [5.41, 5.74) is 2.81. The Bertz CT molecular complexity index is 375. The first-order chi connectivity index (χ1) is 8.70. The van der Waals surface area contributed by atoms with Crippen molar-refractivity contribution in [2.45, 2.75) is 39.7 Å². The minimum atomic E-state index is 0.680. The Labute approximate surface area is 111 Å². The summed E-state index contributed by atoms with van der Waals surface area (Å²) in [6.45, 7) is 10.3. The highest BCUT2D eigenvalue weighted by Crippen LogP contribution is 2.22. The van der Waals surface area contributed by atoms with E-state index in [4.69, 9.17) is 0 Å². The maximum Gasteiger partial charge on any atom is 0.0396 e. The van der Waals surface area contributed by atoms with Crippen molar-refractivity contribution in [3.8, 4) is 0 Å². The van der Waals surface area contributed by atoms with E-state index in [1.54, 1.807) is 0 Å². The van der Waals surface area contributed by atoms with E-state index in [2.05, 4.69) is 55.3 Å². The third-order valence-electron chi connectivity index (χ3n) is 3.98. The molecule has 1 aliphatic heterocycles. The fourth-order valence-corrected chi connectivity index (χ4v) is 2.80. The third kappa shape index (κ3) is 3.26. The van der Waals surface area contributed by atoms with Gasteiger partial charge in [-0.05, 0) is 43.9 Å². The first-order valence-electron chi connectivity index (χ1n) is 7.24. The van der Waals surface area contributed by atoms with Gasteiger partial charge < -0.3 is 10.2 Å². The van der Waals surface area contributed by atoms with E-state index < -0.39 is 0 Å². The molecule has 0 aliphatic carbocycles. The highest BCUT2D eigenvalue weighted by molar-refractivity contribution is 5.53. The first kappa shape index (κ1) is 13.4. The van der Waals surface area contributed by atoms with Crippen LogP contribution in [0.3, 0.4) is 0 Å². The highest BCUT2D eigenvalue weighted by atomic mass is 15.1. The van der Waals surface area contributed by atoms with Gasteiger partial charge >= 0.3 is 0 Å². The Hall–Kier alpha value is -1.02. The number of hydrogen-bond donors (Lipinski definition) is 1. The molecule has 1 aliphatic rings. The molecule has 0 saturated carbocycles. The van der Waals surface area contributed by atoms with Crippen LogP contribution in [0, 0.1) is 12.8 Å². The van der Waals surface area contributed by atoms with Gasteiger partial charge in [-0.2, -0.15) is 0 Å². The largest absolute Gasteiger partial charge is 0.371 e. The maximum absolute atomic E-state index is 3.68. The lowest BCUT2D eigenvalue weighted by molar-refractivity contribution is 0.387. The van der Waals surface area contributed by atoms with Crippen LogP contribution in [0.1, 0.15) is 32.3 Å². The van der Waals surface area contributed by atoms with E-state index in [0.29, 0.717) is 12.0 Å². The average Bonchev–Trinajstić information content (AvgIpc) is 2.35. The Balaban J connectivity index is 2.13. The van der Waals surface area contributed by atoms with Crippen LogP contribution in [0.25, 0.3) is 0 Å². The number of hydrogen-bond acceptors (Lipinski definition) is 2. The quantitative estimate of drug-likeness (QED) is 0.862. The van der Waals surface area contributed by atoms with Crippen molar-refractivity contribution in [2.24, 2.45) is 5.92 Å². The van der Waals surface area contributed by atoms with Crippen LogP contribution in [-0.2, 0) is 0 Å². The molecule has 1 heterocycles. The maximum atomic E-state index is 3.68. The lowest BCUT2D eigenvalue weighted by atomic mass is 10.0. The molecule has 1 aromatic carbocycles. The van der Waals surface area contributed by atoms with E-state index in [9.17, 15) is 0 Å². The van der Waals surface area contributed by atoms with Crippen molar-refractivity contribution < 1.29 is 0 Å². The molecule has 2 nitrogen and oxygen atoms in total. The topological polar surface area (TPSA) is 15.3 Å². The summed E-state index contributed by atoms with van der Waals surface area (Å²) in [6, 6.07) is 9.44. The van der Waals surface area contributed by atoms with Crippen LogP contribution in [0.15, 0.2) is 24.3 Å². The molecular weight excluding hydrogens is 220 g/mol. The fourth-order valence-electron chi connectivity index (χ4n) is 2.80. The zero-order valence-corrected chi connectivity index (χ0v) is 11.9. The van der Waals surface area contributed by atoms with Crippen LogP contribution >= 0.6 is 0 Å². The Morgan fingerprint density at radius 1 is 1.33 bits per heavy atom. The molecule has 1 N–H and O–H groups in total. The normalized spacial score (nSPS) is 25.6. The number of anilines is 1. The molecular formula is C16H26N2. The van der Waals surface area contributed by atoms with Gasteiger partial charge in [0.15, 0.2) is 0 Å². The molecule has 0 amide bonds. The molecule has 0 radical (unpaired) electrons. The lowest BCUT2D eigenvalue weighted by Crippen LogP contribution is -2.43. The summed E-state index contributed by atoms with van der Waals surface area (Å²) in [6.07, 6.45) is 2.48. The third-order valence-corrected chi connectivity index (χ3v) is 3.98. The molecule has 1 fully saturated rings. The van der Waals surface area contributed by atoms with Crippen LogP contribution in [0.5, 0.6) is 0 Å². The summed E-state index contributed by atoms with van der Waals surface area (Å²) in [4.78, 5) is 2.57. The van der Waals surface area contributed by atoms with Crippen LogP contribution in [0.2, 0.25) is 0 Å². The predicted octanol–water partition coefficient (Wildman–Crippen LogP) is 3.21. The molecule has 2 atom stereocenters. The van der Waals surface area contributed by atoms with Gasteiger partial charge in [-0.25, -0.2) is 0 Å². The Morgan fingerprint density at radius 3 is 2.83 bits per heavy atom. The molecule has 0 bridgehead atoms. The molecule has 1 aromatic rings. The summed E-state index contributed by atoms with van der Waals surface area (Å²) in [5, 5.41) is 3.68. The second kappa shape index (κ2) is 6.24. The van der Waals surface area contributed by atoms with Crippen molar-refractivity contribution in [3.63, 3.8) is 0 Å². The zero-order chi connectivity index (χ0) is 13.0. The van der Waals surface area contributed by atoms with E-state index in [1.807, 2.05) is 0 Å². The minimum absolute atomic E-state index is 0.680. The van der Waals surface area contributed by atoms with Crippen LogP contribution in [0.4, 0.5) is 5.69 Å². The zero-order valence-electron chi connectivity index (χ0n) is 11.9. The lowest BCUT2D eigenvalue weighted by Gasteiger charge is -2.34. The summed E-state index contributed by atoms with van der Waals surface area (Å²) in [7, 11) is 0. The number of benzene rings is 1. The van der Waals surface area contributed by atoms with E-state index in [1.165, 1.54) is 30.6 Å². The molecule has 100 valence electrons. The molecule has 0 spiro atoms. The Kier molecular flexibility index (Phi) is 4.65. The molecule has 0 aromatic heterocycles. The van der Waals surface area contributed by atoms with Gasteiger partial charge in [0.2, 0.25) is 0 Å². The first-order valence-corrected chi connectivity index (χ1v) is 7.24. The monoisotopic (exact) mass is 246 g/mol. The smallest absolute Gasteiger partial charge is 0.0396 e. The van der Waals surface area contributed by atoms with Crippen molar-refractivity contribution in [2.75, 3.05) is 24.5 Å². The van der Waals surface area contributed by atoms with E-state index in [-0.39, 0.29) is 0 Å². The number of nitrogens with zero attached hydrogens (tertiary/aromatic N) is 1. The molecule has 1 saturated heterocycles. The van der Waals surface area contributed by atoms with Crippen LogP contribution < -0.4 is 10.2 Å². The van der Waals surface area contributed by atoms with E-state index >= 15 is 0 Å². The number of nitrogens with one attached hydrogen (secondary N) is 1. The van der Waals surface area contributed by atoms with Gasteiger partial charge in [0.25, 0.3) is 0 Å². The van der Waals surface area contributed by atoms with Gasteiger partial charge in [0, 0.05) is 24.8 Å². The van der Waals surface area contributed by atoms with Crippen molar-refractivity contribution in [3.05, 3.63) is 29.8 Å². The number of aryl methyl sites for hydroxylation is 1. The van der Waals surface area contributed by atoms with Gasteiger partial charge in [0.1, 0.15) is 0 Å². The van der Waals surface area contributed by atoms with Gasteiger partial charge in [-0.15, -0.1) is 0 Å². The van der Waals surface area contributed by atoms with Crippen LogP contribution in [-0.4, -0.2) is 25.7 Å². The van der Waals surface area contributed by atoms with Crippen molar-refractivity contribution in [1.82, 2.24) is 5.32 Å². The minimum Gasteiger partial charge on any atom is -0.371 e. The average molecular weight is 246 g/mol. The molecule has 2 rings (SSSR count). The second-order valence-corrected chi connectivity index (χ2v) is 5.64. The van der Waals surface area contributed by atoms with Crippen molar-refractivity contribution >= 4 is 5.69 Å². The molecule has 18 heavy (non-hydrogen) atoms. The predicted molar refractivity (Wildman–Crippen MR) is 79.3 cm³/mol. The standard InChI is InChI=1S/C16H26N2/c1-4-15-9-10-18(12-13(2)11-17-15)16-8-6-5-7-14(16)3/h5-8,13,15,17H,4,9-12H2,1-3H3. The van der Waals surface area contributed by atoms with Crippen molar-refractivity contribution in [1.29, 1.82) is 0 Å².